The molecule has 0 aromatic heterocycles. The minimum atomic E-state index is -0.172. The number of hydrogen-bond donors (Lipinski definition) is 0. The molecule has 6 heteroatoms. The van der Waals surface area contributed by atoms with Crippen LogP contribution in [0.1, 0.15) is 49.8 Å². The molecule has 1 fully saturated rings. The number of carbonyl (C=O) groups is 2. The van der Waals surface area contributed by atoms with Gasteiger partial charge < -0.3 is 14.5 Å². The van der Waals surface area contributed by atoms with Gasteiger partial charge in [-0.1, -0.05) is 38.5 Å². The number of imide groups is 1. The Kier molecular flexibility index (Phi) is 8.27. The number of unbranched alkanes of at least 4 members (excludes halogenated alkanes) is 1. The molecule has 31 heavy (non-hydrogen) atoms. The van der Waals surface area contributed by atoms with Gasteiger partial charge in [0.25, 0.3) is 11.8 Å². The van der Waals surface area contributed by atoms with Gasteiger partial charge in [-0.3, -0.25) is 14.5 Å². The van der Waals surface area contributed by atoms with E-state index in [1.54, 1.807) is 0 Å². The van der Waals surface area contributed by atoms with Crippen molar-refractivity contribution in [1.82, 2.24) is 14.7 Å². The van der Waals surface area contributed by atoms with Crippen molar-refractivity contribution in [3.8, 4) is 0 Å². The molecule has 0 saturated carbocycles. The smallest absolute Gasteiger partial charge is 0.277 e. The summed E-state index contributed by atoms with van der Waals surface area (Å²) in [6.45, 7) is 14.5. The molecule has 0 unspecified atom stereocenters. The van der Waals surface area contributed by atoms with Crippen molar-refractivity contribution in [1.29, 1.82) is 0 Å². The molecule has 2 aliphatic heterocycles. The molecule has 0 aliphatic carbocycles. The Morgan fingerprint density at radius 1 is 0.903 bits per heavy atom. The number of likely N-dealkylation sites (N-methyl/N-ethyl adjacent to an activating group) is 1. The van der Waals surface area contributed by atoms with Crippen LogP contribution in [0.2, 0.25) is 0 Å². The lowest BCUT2D eigenvalue weighted by Crippen LogP contribution is -2.47. The van der Waals surface area contributed by atoms with E-state index in [9.17, 15) is 9.59 Å². The van der Waals surface area contributed by atoms with Crippen LogP contribution >= 0.6 is 0 Å². The van der Waals surface area contributed by atoms with Crippen LogP contribution in [0.25, 0.3) is 5.57 Å². The fourth-order valence-corrected chi connectivity index (χ4v) is 4.18. The van der Waals surface area contributed by atoms with E-state index in [0.717, 1.165) is 63.3 Å². The zero-order valence-electron chi connectivity index (χ0n) is 19.6. The van der Waals surface area contributed by atoms with Gasteiger partial charge in [0, 0.05) is 45.9 Å². The van der Waals surface area contributed by atoms with Crippen LogP contribution in [-0.2, 0) is 14.3 Å². The summed E-state index contributed by atoms with van der Waals surface area (Å²) in [7, 11) is 0. The minimum absolute atomic E-state index is 0.156. The maximum absolute atomic E-state index is 13.4. The number of rotatable bonds is 10. The molecule has 3 rings (SSSR count). The maximum Gasteiger partial charge on any atom is 0.277 e. The van der Waals surface area contributed by atoms with Gasteiger partial charge in [0.05, 0.1) is 5.57 Å². The monoisotopic (exact) mass is 427 g/mol. The van der Waals surface area contributed by atoms with Crippen LogP contribution in [-0.4, -0.2) is 79.0 Å². The highest BCUT2D eigenvalue weighted by atomic mass is 16.5. The van der Waals surface area contributed by atoms with Crippen molar-refractivity contribution in [2.75, 3.05) is 52.5 Å². The molecule has 2 aliphatic rings. The van der Waals surface area contributed by atoms with Crippen molar-refractivity contribution in [2.24, 2.45) is 0 Å². The third kappa shape index (κ3) is 5.36. The minimum Gasteiger partial charge on any atom is -0.381 e. The Morgan fingerprint density at radius 3 is 2.26 bits per heavy atom. The van der Waals surface area contributed by atoms with Gasteiger partial charge in [-0.15, -0.1) is 0 Å². The summed E-state index contributed by atoms with van der Waals surface area (Å²) in [6.07, 6.45) is 2.80. The molecule has 2 heterocycles. The molecule has 1 saturated heterocycles. The normalized spacial score (nSPS) is 17.9. The summed E-state index contributed by atoms with van der Waals surface area (Å²) in [5.74, 6) is -0.327. The Bertz CT molecular complexity index is 825. The zero-order valence-corrected chi connectivity index (χ0v) is 19.6. The maximum atomic E-state index is 13.4. The first-order valence-corrected chi connectivity index (χ1v) is 11.7. The highest BCUT2D eigenvalue weighted by Crippen LogP contribution is 2.33. The summed E-state index contributed by atoms with van der Waals surface area (Å²) in [5, 5.41) is 0. The van der Waals surface area contributed by atoms with Gasteiger partial charge >= 0.3 is 0 Å². The van der Waals surface area contributed by atoms with Crippen molar-refractivity contribution in [3.05, 3.63) is 40.6 Å². The van der Waals surface area contributed by atoms with Crippen LogP contribution in [0.15, 0.2) is 23.9 Å². The summed E-state index contributed by atoms with van der Waals surface area (Å²) in [4.78, 5) is 32.8. The SMILES string of the molecule is CCCCOCCCN1C(=O)C(c2ccc(C)c(C)c2)=C(N2CCN(CC)CC2)C1=O. The van der Waals surface area contributed by atoms with Gasteiger partial charge in [0.15, 0.2) is 0 Å². The molecular formula is C25H37N3O3. The van der Waals surface area contributed by atoms with Gasteiger partial charge in [0.2, 0.25) is 0 Å². The van der Waals surface area contributed by atoms with Crippen molar-refractivity contribution >= 4 is 17.4 Å². The average Bonchev–Trinajstić information content (AvgIpc) is 3.02. The van der Waals surface area contributed by atoms with E-state index in [2.05, 4.69) is 30.6 Å². The van der Waals surface area contributed by atoms with E-state index in [0.29, 0.717) is 30.8 Å². The highest BCUT2D eigenvalue weighted by molar-refractivity contribution is 6.35. The van der Waals surface area contributed by atoms with Crippen molar-refractivity contribution < 1.29 is 14.3 Å². The average molecular weight is 428 g/mol. The van der Waals surface area contributed by atoms with E-state index in [1.165, 1.54) is 10.5 Å². The van der Waals surface area contributed by atoms with Crippen LogP contribution in [0.5, 0.6) is 0 Å². The predicted octanol–water partition coefficient (Wildman–Crippen LogP) is 3.23. The predicted molar refractivity (Wildman–Crippen MR) is 124 cm³/mol. The van der Waals surface area contributed by atoms with E-state index < -0.39 is 0 Å². The third-order valence-electron chi connectivity index (χ3n) is 6.39. The Morgan fingerprint density at radius 2 is 1.61 bits per heavy atom. The first-order valence-electron chi connectivity index (χ1n) is 11.7. The molecular weight excluding hydrogens is 390 g/mol. The second kappa shape index (κ2) is 10.9. The van der Waals surface area contributed by atoms with E-state index >= 15 is 0 Å². The largest absolute Gasteiger partial charge is 0.381 e. The van der Waals surface area contributed by atoms with Gasteiger partial charge in [-0.25, -0.2) is 0 Å². The van der Waals surface area contributed by atoms with Crippen LogP contribution in [0, 0.1) is 13.8 Å². The summed E-state index contributed by atoms with van der Waals surface area (Å²) in [6, 6.07) is 6.05. The van der Waals surface area contributed by atoms with Gasteiger partial charge in [-0.2, -0.15) is 0 Å². The molecule has 170 valence electrons. The lowest BCUT2D eigenvalue weighted by molar-refractivity contribution is -0.137. The molecule has 0 atom stereocenters. The number of piperazine rings is 1. The molecule has 6 nitrogen and oxygen atoms in total. The first kappa shape index (κ1) is 23.5. The molecule has 1 aromatic carbocycles. The molecule has 0 N–H and O–H groups in total. The fourth-order valence-electron chi connectivity index (χ4n) is 4.18. The highest BCUT2D eigenvalue weighted by Gasteiger charge is 2.41. The third-order valence-corrected chi connectivity index (χ3v) is 6.39. The topological polar surface area (TPSA) is 53.1 Å². The second-order valence-corrected chi connectivity index (χ2v) is 8.53. The second-order valence-electron chi connectivity index (χ2n) is 8.53. The summed E-state index contributed by atoms with van der Waals surface area (Å²) in [5.41, 5.74) is 4.29. The van der Waals surface area contributed by atoms with E-state index in [1.807, 2.05) is 25.1 Å². The number of hydrogen-bond acceptors (Lipinski definition) is 5. The number of nitrogens with zero attached hydrogens (tertiary/aromatic N) is 3. The van der Waals surface area contributed by atoms with Gasteiger partial charge in [-0.05, 0) is 49.9 Å². The van der Waals surface area contributed by atoms with Crippen LogP contribution in [0.4, 0.5) is 0 Å². The Hall–Kier alpha value is -2.18. The summed E-state index contributed by atoms with van der Waals surface area (Å²) >= 11 is 0. The lowest BCUT2D eigenvalue weighted by atomic mass is 9.99. The van der Waals surface area contributed by atoms with E-state index in [-0.39, 0.29) is 11.8 Å². The number of aryl methyl sites for hydroxylation is 2. The quantitative estimate of drug-likeness (QED) is 0.424. The Labute approximate surface area is 186 Å². The standard InChI is InChI=1S/C25H37N3O3/c1-5-7-16-31-17-8-11-28-24(29)22(21-10-9-19(3)20(4)18-21)23(25(28)30)27-14-12-26(6-2)13-15-27/h9-10,18H,5-8,11-17H2,1-4H3. The number of benzene rings is 1. The molecule has 0 radical (unpaired) electrons. The van der Waals surface area contributed by atoms with E-state index in [4.69, 9.17) is 4.74 Å². The summed E-state index contributed by atoms with van der Waals surface area (Å²) < 4.78 is 5.63. The number of amides is 2. The van der Waals surface area contributed by atoms with Crippen molar-refractivity contribution in [3.63, 3.8) is 0 Å². The van der Waals surface area contributed by atoms with Crippen LogP contribution < -0.4 is 0 Å². The van der Waals surface area contributed by atoms with Crippen molar-refractivity contribution in [2.45, 2.75) is 47.0 Å². The molecule has 2 amide bonds. The Balaban J connectivity index is 1.82. The molecule has 0 spiro atoms. The molecule has 0 bridgehead atoms. The number of carbonyl (C=O) groups excluding carboxylic acids is 2. The fraction of sp³-hybridized carbons (Fsp3) is 0.600. The van der Waals surface area contributed by atoms with Crippen LogP contribution in [0.3, 0.4) is 0 Å². The number of ether oxygens (including phenoxy) is 1. The lowest BCUT2D eigenvalue weighted by Gasteiger charge is -2.36. The first-order chi connectivity index (χ1) is 15.0. The zero-order chi connectivity index (χ0) is 22.4. The molecule has 1 aromatic rings. The van der Waals surface area contributed by atoms with Gasteiger partial charge in [0.1, 0.15) is 5.70 Å².